The molecule has 0 saturated heterocycles. The van der Waals surface area contributed by atoms with Crippen molar-refractivity contribution in [3.8, 4) is 0 Å². The van der Waals surface area contributed by atoms with Gasteiger partial charge in [0.15, 0.2) is 5.03 Å². The van der Waals surface area contributed by atoms with Gasteiger partial charge >= 0.3 is 0 Å². The number of hydrogen-bond donors (Lipinski definition) is 3. The molecule has 0 fully saturated rings. The summed E-state index contributed by atoms with van der Waals surface area (Å²) in [5, 5.41) is 2.90. The molecule has 1 amide bonds. The highest BCUT2D eigenvalue weighted by Crippen LogP contribution is 2.24. The highest BCUT2D eigenvalue weighted by molar-refractivity contribution is 7.89. The van der Waals surface area contributed by atoms with Crippen LogP contribution >= 0.6 is 23.2 Å². The molecule has 2 rings (SSSR count). The van der Waals surface area contributed by atoms with Crippen LogP contribution in [0, 0.1) is 5.92 Å². The zero-order chi connectivity index (χ0) is 25.5. The number of benzene rings is 1. The van der Waals surface area contributed by atoms with Crippen molar-refractivity contribution in [3.63, 3.8) is 0 Å². The van der Waals surface area contributed by atoms with Gasteiger partial charge in [0.25, 0.3) is 10.0 Å². The van der Waals surface area contributed by atoms with Gasteiger partial charge in [-0.3, -0.25) is 4.79 Å². The topological polar surface area (TPSA) is 139 Å². The number of nitrogens with zero attached hydrogens (tertiary/aromatic N) is 2. The summed E-state index contributed by atoms with van der Waals surface area (Å²) in [5.74, 6) is -0.391. The Morgan fingerprint density at radius 3 is 2.35 bits per heavy atom. The Bertz CT molecular complexity index is 1200. The fourth-order valence-electron chi connectivity index (χ4n) is 3.02. The number of unbranched alkanes of at least 4 members (excludes halogenated alkanes) is 1. The highest BCUT2D eigenvalue weighted by atomic mass is 35.5. The lowest BCUT2D eigenvalue weighted by molar-refractivity contribution is -0.123. The summed E-state index contributed by atoms with van der Waals surface area (Å²) in [4.78, 5) is 16.4. The minimum atomic E-state index is -3.96. The van der Waals surface area contributed by atoms with Crippen LogP contribution in [-0.2, 0) is 31.9 Å². The molecular formula is C20H29Cl2N5O5S2. The Kier molecular flexibility index (Phi) is 10.3. The maximum Gasteiger partial charge on any atom is 0.260 e. The first-order valence-electron chi connectivity index (χ1n) is 10.5. The van der Waals surface area contributed by atoms with E-state index in [1.54, 1.807) is 7.05 Å². The second kappa shape index (κ2) is 12.3. The van der Waals surface area contributed by atoms with E-state index < -0.39 is 32.0 Å². The summed E-state index contributed by atoms with van der Waals surface area (Å²) in [5.41, 5.74) is 0. The van der Waals surface area contributed by atoms with Crippen LogP contribution in [0.15, 0.2) is 40.6 Å². The molecule has 0 unspecified atom stereocenters. The SMILES string of the molecule is CC(C)C[C@H](NS(=O)(=O)c1cn(C)cn1)C(=O)NCCCCNS(=O)(=O)c1ccc(Cl)cc1Cl. The Hall–Kier alpha value is -1.70. The van der Waals surface area contributed by atoms with E-state index in [0.717, 1.165) is 0 Å². The number of carbonyl (C=O) groups is 1. The predicted molar refractivity (Wildman–Crippen MR) is 131 cm³/mol. The number of rotatable bonds is 13. The number of halogens is 2. The van der Waals surface area contributed by atoms with Gasteiger partial charge in [-0.25, -0.2) is 26.5 Å². The summed E-state index contributed by atoms with van der Waals surface area (Å²) < 4.78 is 56.2. The van der Waals surface area contributed by atoms with Crippen molar-refractivity contribution in [2.45, 2.75) is 49.1 Å². The summed E-state index contributed by atoms with van der Waals surface area (Å²) in [6, 6.07) is 3.15. The number of amides is 1. The molecular weight excluding hydrogens is 525 g/mol. The van der Waals surface area contributed by atoms with E-state index in [0.29, 0.717) is 24.3 Å². The summed E-state index contributed by atoms with van der Waals surface area (Å²) >= 11 is 11.8. The van der Waals surface area contributed by atoms with Crippen molar-refractivity contribution in [1.29, 1.82) is 0 Å². The average molecular weight is 555 g/mol. The second-order valence-corrected chi connectivity index (χ2v) is 12.4. The van der Waals surface area contributed by atoms with Gasteiger partial charge in [0, 0.05) is 31.4 Å². The maximum atomic E-state index is 12.6. The van der Waals surface area contributed by atoms with Gasteiger partial charge in [0.2, 0.25) is 15.9 Å². The van der Waals surface area contributed by atoms with E-state index in [2.05, 4.69) is 19.7 Å². The van der Waals surface area contributed by atoms with Gasteiger partial charge in [-0.15, -0.1) is 0 Å². The molecule has 1 aromatic heterocycles. The normalized spacial score (nSPS) is 13.2. The predicted octanol–water partition coefficient (Wildman–Crippen LogP) is 2.29. The molecule has 14 heteroatoms. The van der Waals surface area contributed by atoms with Crippen molar-refractivity contribution >= 4 is 49.2 Å². The number of aryl methyl sites for hydroxylation is 1. The monoisotopic (exact) mass is 553 g/mol. The van der Waals surface area contributed by atoms with Crippen molar-refractivity contribution < 1.29 is 21.6 Å². The third-order valence-electron chi connectivity index (χ3n) is 4.66. The molecule has 0 aliphatic rings. The van der Waals surface area contributed by atoms with Crippen molar-refractivity contribution in [2.75, 3.05) is 13.1 Å². The number of aromatic nitrogens is 2. The van der Waals surface area contributed by atoms with Crippen LogP contribution in [-0.4, -0.2) is 51.4 Å². The van der Waals surface area contributed by atoms with Gasteiger partial charge < -0.3 is 9.88 Å². The second-order valence-electron chi connectivity index (χ2n) is 8.15. The first kappa shape index (κ1) is 28.5. The molecule has 0 saturated carbocycles. The molecule has 0 radical (unpaired) electrons. The number of imidazole rings is 1. The highest BCUT2D eigenvalue weighted by Gasteiger charge is 2.27. The number of hydrogen-bond acceptors (Lipinski definition) is 6. The van der Waals surface area contributed by atoms with E-state index in [1.165, 1.54) is 35.3 Å². The molecule has 0 bridgehead atoms. The molecule has 10 nitrogen and oxygen atoms in total. The van der Waals surface area contributed by atoms with Gasteiger partial charge in [-0.1, -0.05) is 37.0 Å². The minimum absolute atomic E-state index is 0.0246. The third-order valence-corrected chi connectivity index (χ3v) is 8.19. The zero-order valence-electron chi connectivity index (χ0n) is 19.1. The first-order valence-corrected chi connectivity index (χ1v) is 14.3. The van der Waals surface area contributed by atoms with Gasteiger partial charge in [-0.2, -0.15) is 4.72 Å². The first-order chi connectivity index (χ1) is 15.8. The molecule has 0 aliphatic carbocycles. The lowest BCUT2D eigenvalue weighted by Crippen LogP contribution is -2.47. The number of carbonyl (C=O) groups excluding carboxylic acids is 1. The van der Waals surface area contributed by atoms with Gasteiger partial charge in [0.1, 0.15) is 10.9 Å². The van der Waals surface area contributed by atoms with Crippen molar-refractivity contribution in [2.24, 2.45) is 13.0 Å². The van der Waals surface area contributed by atoms with E-state index >= 15 is 0 Å². The van der Waals surface area contributed by atoms with Crippen LogP contribution in [0.25, 0.3) is 0 Å². The molecule has 1 aromatic carbocycles. The van der Waals surface area contributed by atoms with Crippen LogP contribution < -0.4 is 14.8 Å². The average Bonchev–Trinajstić information content (AvgIpc) is 3.16. The molecule has 3 N–H and O–H groups in total. The van der Waals surface area contributed by atoms with Crippen LogP contribution in [0.3, 0.4) is 0 Å². The van der Waals surface area contributed by atoms with E-state index in [-0.39, 0.29) is 34.0 Å². The van der Waals surface area contributed by atoms with Gasteiger partial charge in [0.05, 0.1) is 11.3 Å². The molecule has 190 valence electrons. The quantitative estimate of drug-likeness (QED) is 0.325. The van der Waals surface area contributed by atoms with E-state index in [9.17, 15) is 21.6 Å². The Labute approximate surface area is 210 Å². The van der Waals surface area contributed by atoms with Crippen LogP contribution in [0.4, 0.5) is 0 Å². The number of nitrogens with one attached hydrogen (secondary N) is 3. The largest absolute Gasteiger partial charge is 0.355 e. The lowest BCUT2D eigenvalue weighted by Gasteiger charge is -2.19. The van der Waals surface area contributed by atoms with Crippen LogP contribution in [0.1, 0.15) is 33.1 Å². The molecule has 34 heavy (non-hydrogen) atoms. The minimum Gasteiger partial charge on any atom is -0.355 e. The van der Waals surface area contributed by atoms with Crippen LogP contribution in [0.5, 0.6) is 0 Å². The molecule has 1 atom stereocenters. The van der Waals surface area contributed by atoms with Crippen molar-refractivity contribution in [3.05, 3.63) is 40.8 Å². The Morgan fingerprint density at radius 2 is 1.76 bits per heavy atom. The fourth-order valence-corrected chi connectivity index (χ4v) is 6.05. The van der Waals surface area contributed by atoms with E-state index in [1.807, 2.05) is 13.8 Å². The molecule has 0 aliphatic heterocycles. The fraction of sp³-hybridized carbons (Fsp3) is 0.500. The standard InChI is InChI=1S/C20H29Cl2N5O5S2/c1-14(2)10-17(26-34(31,32)19-12-27(3)13-24-19)20(28)23-8-4-5-9-25-33(29,30)18-7-6-15(21)11-16(18)22/h6-7,11-14,17,25-26H,4-5,8-10H2,1-3H3,(H,23,28)/t17-/m0/s1. The maximum absolute atomic E-state index is 12.6. The van der Waals surface area contributed by atoms with Gasteiger partial charge in [-0.05, 0) is 43.4 Å². The number of sulfonamides is 2. The summed E-state index contributed by atoms with van der Waals surface area (Å²) in [7, 11) is -6.10. The molecule has 0 spiro atoms. The molecule has 1 heterocycles. The summed E-state index contributed by atoms with van der Waals surface area (Å²) in [6.07, 6.45) is 3.94. The third kappa shape index (κ3) is 8.51. The smallest absolute Gasteiger partial charge is 0.260 e. The van der Waals surface area contributed by atoms with E-state index in [4.69, 9.17) is 23.2 Å². The van der Waals surface area contributed by atoms with Crippen molar-refractivity contribution in [1.82, 2.24) is 24.3 Å². The van der Waals surface area contributed by atoms with Crippen LogP contribution in [0.2, 0.25) is 10.0 Å². The zero-order valence-corrected chi connectivity index (χ0v) is 22.2. The Balaban J connectivity index is 1.84. The Morgan fingerprint density at radius 1 is 1.09 bits per heavy atom. The molecule has 2 aromatic rings. The lowest BCUT2D eigenvalue weighted by atomic mass is 10.0. The summed E-state index contributed by atoms with van der Waals surface area (Å²) in [6.45, 7) is 4.16.